The zero-order valence-electron chi connectivity index (χ0n) is 29.9. The van der Waals surface area contributed by atoms with Crippen molar-refractivity contribution in [3.63, 3.8) is 0 Å². The number of anilines is 1. The topological polar surface area (TPSA) is 158 Å². The molecule has 272 valence electrons. The SMILES string of the molecule is CCN(CC)c1ccc2c(-c3c(S(=O)(=O)O)cccc3S(=O)(=O)NCCCCNC(=O)OC(C)(C)C)c3ccc(=[N+](CC)CC)cc-3oc2c1. The summed E-state index contributed by atoms with van der Waals surface area (Å²) in [5.41, 5.74) is 1.28. The summed E-state index contributed by atoms with van der Waals surface area (Å²) in [5, 5.41) is 4.01. The lowest BCUT2D eigenvalue weighted by Gasteiger charge is -2.23. The third-order valence-electron chi connectivity index (χ3n) is 8.32. The van der Waals surface area contributed by atoms with Gasteiger partial charge < -0.3 is 19.4 Å². The molecule has 0 aromatic heterocycles. The third kappa shape index (κ3) is 9.02. The zero-order valence-corrected chi connectivity index (χ0v) is 31.5. The van der Waals surface area contributed by atoms with Gasteiger partial charge in [-0.15, -0.1) is 0 Å². The predicted octanol–water partition coefficient (Wildman–Crippen LogP) is 5.69. The van der Waals surface area contributed by atoms with Crippen molar-refractivity contribution in [2.24, 2.45) is 0 Å². The maximum absolute atomic E-state index is 14.0. The highest BCUT2D eigenvalue weighted by atomic mass is 32.2. The van der Waals surface area contributed by atoms with Gasteiger partial charge in [0.15, 0.2) is 0 Å². The van der Waals surface area contributed by atoms with Gasteiger partial charge in [-0.25, -0.2) is 22.5 Å². The van der Waals surface area contributed by atoms with E-state index in [2.05, 4.69) is 19.5 Å². The van der Waals surface area contributed by atoms with Crippen molar-refractivity contribution in [3.8, 4) is 22.5 Å². The number of unbranched alkanes of at least 4 members (excludes halogenated alkanes) is 1. The van der Waals surface area contributed by atoms with Gasteiger partial charge in [-0.3, -0.25) is 4.55 Å². The molecule has 4 rings (SSSR count). The normalized spacial score (nSPS) is 12.3. The molecule has 1 aliphatic heterocycles. The summed E-state index contributed by atoms with van der Waals surface area (Å²) in [7, 11) is -9.24. The molecule has 2 aromatic carbocycles. The van der Waals surface area contributed by atoms with E-state index in [1.807, 2.05) is 52.0 Å². The maximum atomic E-state index is 14.0. The first-order valence-electron chi connectivity index (χ1n) is 16.9. The van der Waals surface area contributed by atoms with Crippen LogP contribution < -0.4 is 24.9 Å². The quantitative estimate of drug-likeness (QED) is 0.0642. The molecule has 0 fully saturated rings. The number of carbonyl (C=O) groups excluding carboxylic acids is 1. The molecule has 14 heteroatoms. The molecule has 0 bridgehead atoms. The lowest BCUT2D eigenvalue weighted by atomic mass is 9.93. The van der Waals surface area contributed by atoms with E-state index in [0.717, 1.165) is 37.2 Å². The molecule has 0 saturated carbocycles. The van der Waals surface area contributed by atoms with Gasteiger partial charge in [-0.2, -0.15) is 8.42 Å². The Bertz CT molecular complexity index is 2090. The number of amides is 1. The van der Waals surface area contributed by atoms with Crippen LogP contribution in [0, 0.1) is 0 Å². The monoisotopic (exact) mass is 729 g/mol. The number of ether oxygens (including phenoxy) is 1. The Hall–Kier alpha value is -3.98. The van der Waals surface area contributed by atoms with Crippen LogP contribution in [0.15, 0.2) is 68.8 Å². The average molecular weight is 730 g/mol. The molecule has 0 radical (unpaired) electrons. The molecule has 0 spiro atoms. The first-order valence-corrected chi connectivity index (χ1v) is 19.9. The molecular formula is C36H49N4O8S2+. The second-order valence-corrected chi connectivity index (χ2v) is 15.9. The van der Waals surface area contributed by atoms with Crippen molar-refractivity contribution in [3.05, 3.63) is 60.0 Å². The van der Waals surface area contributed by atoms with Crippen LogP contribution in [0.2, 0.25) is 0 Å². The van der Waals surface area contributed by atoms with Crippen molar-refractivity contribution in [1.29, 1.82) is 0 Å². The Kier molecular flexibility index (Phi) is 12.4. The summed E-state index contributed by atoms with van der Waals surface area (Å²) >= 11 is 0. The Morgan fingerprint density at radius 3 is 2.16 bits per heavy atom. The highest BCUT2D eigenvalue weighted by Gasteiger charge is 2.31. The largest absolute Gasteiger partial charge is 0.456 e. The van der Waals surface area contributed by atoms with Crippen molar-refractivity contribution in [2.75, 3.05) is 44.2 Å². The fourth-order valence-electron chi connectivity index (χ4n) is 5.94. The van der Waals surface area contributed by atoms with Gasteiger partial charge in [0.2, 0.25) is 15.4 Å². The van der Waals surface area contributed by atoms with Crippen LogP contribution in [0.3, 0.4) is 0 Å². The Balaban J connectivity index is 1.88. The van der Waals surface area contributed by atoms with E-state index >= 15 is 0 Å². The van der Waals surface area contributed by atoms with Crippen molar-refractivity contribution >= 4 is 42.9 Å². The lowest BCUT2D eigenvalue weighted by Crippen LogP contribution is -2.33. The fourth-order valence-corrected chi connectivity index (χ4v) is 8.04. The van der Waals surface area contributed by atoms with Crippen LogP contribution in [-0.4, -0.2) is 72.4 Å². The second kappa shape index (κ2) is 15.9. The first kappa shape index (κ1) is 38.8. The van der Waals surface area contributed by atoms with E-state index in [-0.39, 0.29) is 23.5 Å². The van der Waals surface area contributed by atoms with Crippen LogP contribution >= 0.6 is 0 Å². The number of fused-ring (bicyclic) bond motifs is 2. The van der Waals surface area contributed by atoms with E-state index in [4.69, 9.17) is 9.15 Å². The number of alkyl carbamates (subject to hydrolysis) is 1. The third-order valence-corrected chi connectivity index (χ3v) is 10.7. The number of rotatable bonds is 14. The van der Waals surface area contributed by atoms with Gasteiger partial charge in [0, 0.05) is 66.1 Å². The van der Waals surface area contributed by atoms with Gasteiger partial charge in [-0.05, 0) is 91.6 Å². The summed E-state index contributed by atoms with van der Waals surface area (Å²) in [6.45, 7) is 16.7. The standard InChI is InChI=1S/C36H48N4O8S2/c1-8-39(9-2)25-17-19-27-29(23-25)47-30-24-26(40(10-3)11-4)18-20-28(30)33(27)34-31(15-14-16-32(34)50(44,45)46)49(42,43)38-22-13-12-21-37-35(41)48-36(5,6)7/h14-20,23-24,38H,8-13,21-22H2,1-7H3,(H-,37,41,44,45,46)/p+1. The first-order chi connectivity index (χ1) is 23.5. The van der Waals surface area contributed by atoms with Gasteiger partial charge in [-0.1, -0.05) is 6.07 Å². The van der Waals surface area contributed by atoms with Gasteiger partial charge in [0.1, 0.15) is 34.9 Å². The summed E-state index contributed by atoms with van der Waals surface area (Å²) in [6.07, 6.45) is 0.270. The Morgan fingerprint density at radius 1 is 0.880 bits per heavy atom. The van der Waals surface area contributed by atoms with E-state index in [1.54, 1.807) is 32.9 Å². The predicted molar refractivity (Wildman–Crippen MR) is 197 cm³/mol. The average Bonchev–Trinajstić information content (AvgIpc) is 3.04. The summed E-state index contributed by atoms with van der Waals surface area (Å²) in [6, 6.07) is 14.9. The van der Waals surface area contributed by atoms with Crippen LogP contribution in [0.25, 0.3) is 33.4 Å². The highest BCUT2D eigenvalue weighted by Crippen LogP contribution is 2.45. The number of nitrogens with zero attached hydrogens (tertiary/aromatic N) is 2. The van der Waals surface area contributed by atoms with Gasteiger partial charge >= 0.3 is 6.09 Å². The van der Waals surface area contributed by atoms with Crippen LogP contribution in [-0.2, 0) is 24.9 Å². The van der Waals surface area contributed by atoms with E-state index < -0.39 is 36.7 Å². The fraction of sp³-hybridized carbons (Fsp3) is 0.444. The van der Waals surface area contributed by atoms with Crippen LogP contribution in [0.5, 0.6) is 0 Å². The van der Waals surface area contributed by atoms with Gasteiger partial charge in [0.05, 0.1) is 11.0 Å². The molecule has 2 aromatic rings. The molecule has 3 N–H and O–H groups in total. The molecule has 0 unspecified atom stereocenters. The summed E-state index contributed by atoms with van der Waals surface area (Å²) in [5.74, 6) is 0.424. The van der Waals surface area contributed by atoms with E-state index in [9.17, 15) is 26.2 Å². The molecule has 2 aliphatic rings. The minimum Gasteiger partial charge on any atom is -0.456 e. The second-order valence-electron chi connectivity index (χ2n) is 12.8. The van der Waals surface area contributed by atoms with E-state index in [0.29, 0.717) is 40.7 Å². The molecule has 12 nitrogen and oxygen atoms in total. The van der Waals surface area contributed by atoms with Crippen LogP contribution in [0.1, 0.15) is 61.3 Å². The maximum Gasteiger partial charge on any atom is 0.407 e. The lowest BCUT2D eigenvalue weighted by molar-refractivity contribution is 0.0527. The van der Waals surface area contributed by atoms with Crippen molar-refractivity contribution in [2.45, 2.75) is 76.7 Å². The molecule has 1 heterocycles. The summed E-state index contributed by atoms with van der Waals surface area (Å²) in [4.78, 5) is 13.2. The number of hydrogen-bond acceptors (Lipinski definition) is 8. The molecule has 0 atom stereocenters. The van der Waals surface area contributed by atoms with Crippen molar-refractivity contribution < 1.29 is 35.3 Å². The molecule has 50 heavy (non-hydrogen) atoms. The Morgan fingerprint density at radius 2 is 1.54 bits per heavy atom. The molecule has 0 saturated heterocycles. The van der Waals surface area contributed by atoms with E-state index in [1.165, 1.54) is 18.2 Å². The smallest absolute Gasteiger partial charge is 0.407 e. The number of sulfonamides is 1. The zero-order chi connectivity index (χ0) is 36.9. The minimum absolute atomic E-state index is 0.0138. The van der Waals surface area contributed by atoms with Crippen LogP contribution in [0.4, 0.5) is 10.5 Å². The number of carbonyl (C=O) groups is 1. The summed E-state index contributed by atoms with van der Waals surface area (Å²) < 4.78 is 80.8. The van der Waals surface area contributed by atoms with Crippen molar-refractivity contribution in [1.82, 2.24) is 14.6 Å². The highest BCUT2D eigenvalue weighted by molar-refractivity contribution is 7.89. The minimum atomic E-state index is -4.91. The molecule has 1 aliphatic carbocycles. The number of benzene rings is 3. The molecular weight excluding hydrogens is 681 g/mol. The molecule has 1 amide bonds. The number of hydrogen-bond donors (Lipinski definition) is 3. The Labute approximate surface area is 295 Å². The van der Waals surface area contributed by atoms with Gasteiger partial charge in [0.25, 0.3) is 10.1 Å². The number of nitrogens with one attached hydrogen (secondary N) is 2.